The number of benzene rings is 2. The number of anilines is 4. The fourth-order valence-corrected chi connectivity index (χ4v) is 4.83. The van der Waals surface area contributed by atoms with Crippen LogP contribution in [0.15, 0.2) is 71.8 Å². The van der Waals surface area contributed by atoms with Gasteiger partial charge in [0.1, 0.15) is 6.33 Å². The first-order chi connectivity index (χ1) is 18.7. The molecule has 6 rings (SSSR count). The molecule has 0 bridgehead atoms. The van der Waals surface area contributed by atoms with Crippen LogP contribution < -0.4 is 24.8 Å². The minimum absolute atomic E-state index is 0.410. The van der Waals surface area contributed by atoms with Gasteiger partial charge in [-0.25, -0.2) is 4.98 Å². The maximum Gasteiger partial charge on any atom is 0.231 e. The average Bonchev–Trinajstić information content (AvgIpc) is 3.63. The number of hydrogen-bond acceptors (Lipinski definition) is 10. The Labute approximate surface area is 221 Å². The second-order valence-electron chi connectivity index (χ2n) is 8.24. The smallest absolute Gasteiger partial charge is 0.231 e. The second-order valence-corrected chi connectivity index (χ2v) is 9.02. The molecule has 0 unspecified atom stereocenters. The van der Waals surface area contributed by atoms with Crippen LogP contribution in [0.3, 0.4) is 0 Å². The van der Waals surface area contributed by atoms with Crippen molar-refractivity contribution < 1.29 is 14.2 Å². The Morgan fingerprint density at radius 3 is 2.42 bits per heavy atom. The predicted molar refractivity (Wildman–Crippen MR) is 149 cm³/mol. The molecule has 0 fully saturated rings. The van der Waals surface area contributed by atoms with Crippen molar-refractivity contribution in [2.24, 2.45) is 0 Å². The highest BCUT2D eigenvalue weighted by Gasteiger charge is 2.18. The Kier molecular flexibility index (Phi) is 6.10. The standard InChI is InChI=1S/C27H23N7O3S/c1-35-21-12-18(13-22(36-2)24(21)37-3)30-25-23-26(34(15-29-23)19-8-10-38-14-19)33-27(32-25)31-17-6-7-20-16(11-17)5-4-9-28-20/h4-15H,1-3H3,(H2,30,31,32,33). The molecule has 2 aromatic carbocycles. The molecule has 0 aliphatic heterocycles. The lowest BCUT2D eigenvalue weighted by Gasteiger charge is -2.15. The second kappa shape index (κ2) is 9.87. The van der Waals surface area contributed by atoms with E-state index in [4.69, 9.17) is 24.2 Å². The minimum Gasteiger partial charge on any atom is -0.493 e. The zero-order valence-electron chi connectivity index (χ0n) is 20.8. The first kappa shape index (κ1) is 23.5. The largest absolute Gasteiger partial charge is 0.493 e. The highest BCUT2D eigenvalue weighted by atomic mass is 32.1. The highest BCUT2D eigenvalue weighted by molar-refractivity contribution is 7.08. The van der Waals surface area contributed by atoms with Gasteiger partial charge in [0.25, 0.3) is 0 Å². The molecule has 2 N–H and O–H groups in total. The molecule has 0 amide bonds. The molecule has 0 aliphatic rings. The van der Waals surface area contributed by atoms with Crippen molar-refractivity contribution >= 4 is 56.5 Å². The van der Waals surface area contributed by atoms with Crippen molar-refractivity contribution in [1.82, 2.24) is 24.5 Å². The summed E-state index contributed by atoms with van der Waals surface area (Å²) in [5.74, 6) is 2.47. The number of thiophene rings is 1. The maximum atomic E-state index is 5.52. The monoisotopic (exact) mass is 525 g/mol. The molecular formula is C27H23N7O3S. The number of rotatable bonds is 8. The van der Waals surface area contributed by atoms with E-state index in [0.29, 0.717) is 45.9 Å². The third-order valence-electron chi connectivity index (χ3n) is 5.97. The Hall–Kier alpha value is -4.90. The van der Waals surface area contributed by atoms with E-state index in [1.807, 2.05) is 63.9 Å². The topological polar surface area (TPSA) is 108 Å². The van der Waals surface area contributed by atoms with Crippen molar-refractivity contribution in [3.05, 3.63) is 71.8 Å². The average molecular weight is 526 g/mol. The molecule has 0 saturated heterocycles. The molecule has 11 heteroatoms. The maximum absolute atomic E-state index is 5.52. The molecule has 190 valence electrons. The summed E-state index contributed by atoms with van der Waals surface area (Å²) < 4.78 is 18.4. The summed E-state index contributed by atoms with van der Waals surface area (Å²) in [4.78, 5) is 18.6. The van der Waals surface area contributed by atoms with E-state index in [0.717, 1.165) is 22.3 Å². The molecular weight excluding hydrogens is 502 g/mol. The Balaban J connectivity index is 1.46. The van der Waals surface area contributed by atoms with Crippen LogP contribution >= 0.6 is 11.3 Å². The van der Waals surface area contributed by atoms with Crippen LogP contribution in [0.4, 0.5) is 23.1 Å². The van der Waals surface area contributed by atoms with Gasteiger partial charge in [-0.3, -0.25) is 9.55 Å². The number of aromatic nitrogens is 5. The van der Waals surface area contributed by atoms with Crippen molar-refractivity contribution in [3.8, 4) is 22.9 Å². The van der Waals surface area contributed by atoms with Gasteiger partial charge in [0.2, 0.25) is 11.7 Å². The first-order valence-electron chi connectivity index (χ1n) is 11.6. The van der Waals surface area contributed by atoms with Gasteiger partial charge in [-0.2, -0.15) is 21.3 Å². The quantitative estimate of drug-likeness (QED) is 0.250. The van der Waals surface area contributed by atoms with Gasteiger partial charge in [-0.15, -0.1) is 0 Å². The van der Waals surface area contributed by atoms with Gasteiger partial charge in [0, 0.05) is 40.5 Å². The number of nitrogens with one attached hydrogen (secondary N) is 2. The van der Waals surface area contributed by atoms with E-state index in [9.17, 15) is 0 Å². The van der Waals surface area contributed by atoms with Crippen LogP contribution in [-0.2, 0) is 0 Å². The number of pyridine rings is 1. The van der Waals surface area contributed by atoms with E-state index in [1.54, 1.807) is 45.2 Å². The van der Waals surface area contributed by atoms with E-state index >= 15 is 0 Å². The number of methoxy groups -OCH3 is 3. The first-order valence-corrected chi connectivity index (χ1v) is 12.6. The van der Waals surface area contributed by atoms with Crippen LogP contribution in [0.5, 0.6) is 17.2 Å². The normalized spacial score (nSPS) is 11.0. The lowest BCUT2D eigenvalue weighted by Crippen LogP contribution is -2.04. The molecule has 4 heterocycles. The number of fused-ring (bicyclic) bond motifs is 2. The summed E-state index contributed by atoms with van der Waals surface area (Å²) >= 11 is 1.60. The van der Waals surface area contributed by atoms with Gasteiger partial charge >= 0.3 is 0 Å². The number of imidazole rings is 1. The van der Waals surface area contributed by atoms with Crippen LogP contribution in [0.25, 0.3) is 27.8 Å². The fourth-order valence-electron chi connectivity index (χ4n) is 4.20. The Morgan fingerprint density at radius 1 is 0.842 bits per heavy atom. The third kappa shape index (κ3) is 4.28. The lowest BCUT2D eigenvalue weighted by molar-refractivity contribution is 0.324. The van der Waals surface area contributed by atoms with Gasteiger partial charge in [-0.05, 0) is 35.7 Å². The van der Waals surface area contributed by atoms with Crippen LogP contribution in [0, 0.1) is 0 Å². The number of ether oxygens (including phenoxy) is 3. The predicted octanol–water partition coefficient (Wildman–Crippen LogP) is 5.94. The molecule has 10 nitrogen and oxygen atoms in total. The highest BCUT2D eigenvalue weighted by Crippen LogP contribution is 2.41. The van der Waals surface area contributed by atoms with Crippen molar-refractivity contribution in [1.29, 1.82) is 0 Å². The van der Waals surface area contributed by atoms with E-state index in [-0.39, 0.29) is 0 Å². The van der Waals surface area contributed by atoms with Gasteiger partial charge in [0.05, 0.1) is 32.5 Å². The Bertz CT molecular complexity index is 1730. The zero-order chi connectivity index (χ0) is 26.1. The van der Waals surface area contributed by atoms with Crippen molar-refractivity contribution in [3.63, 3.8) is 0 Å². The minimum atomic E-state index is 0.410. The van der Waals surface area contributed by atoms with Gasteiger partial charge in [0.15, 0.2) is 28.5 Å². The van der Waals surface area contributed by atoms with E-state index in [2.05, 4.69) is 20.6 Å². The SMILES string of the molecule is COc1cc(Nc2nc(Nc3ccc4ncccc4c3)nc3c2ncn3-c2ccsc2)cc(OC)c1OC. The molecule has 0 atom stereocenters. The number of hydrogen-bond donors (Lipinski definition) is 2. The van der Waals surface area contributed by atoms with Crippen molar-refractivity contribution in [2.75, 3.05) is 32.0 Å². The summed E-state index contributed by atoms with van der Waals surface area (Å²) in [5, 5.41) is 11.8. The Morgan fingerprint density at radius 2 is 1.68 bits per heavy atom. The summed E-state index contributed by atoms with van der Waals surface area (Å²) in [6.45, 7) is 0. The molecule has 0 aliphatic carbocycles. The zero-order valence-corrected chi connectivity index (χ0v) is 21.6. The molecule has 0 spiro atoms. The molecule has 0 saturated carbocycles. The number of nitrogens with zero attached hydrogens (tertiary/aromatic N) is 5. The van der Waals surface area contributed by atoms with Crippen LogP contribution in [0.2, 0.25) is 0 Å². The molecule has 38 heavy (non-hydrogen) atoms. The van der Waals surface area contributed by atoms with Gasteiger partial charge < -0.3 is 24.8 Å². The van der Waals surface area contributed by atoms with Crippen LogP contribution in [0.1, 0.15) is 0 Å². The summed E-state index contributed by atoms with van der Waals surface area (Å²) in [7, 11) is 4.72. The molecule has 4 aromatic heterocycles. The lowest BCUT2D eigenvalue weighted by atomic mass is 10.2. The summed E-state index contributed by atoms with van der Waals surface area (Å²) in [6, 6.07) is 15.5. The van der Waals surface area contributed by atoms with E-state index < -0.39 is 0 Å². The summed E-state index contributed by atoms with van der Waals surface area (Å²) in [6.07, 6.45) is 3.52. The fraction of sp³-hybridized carbons (Fsp3) is 0.111. The molecule has 6 aromatic rings. The summed E-state index contributed by atoms with van der Waals surface area (Å²) in [5.41, 5.74) is 4.67. The van der Waals surface area contributed by atoms with Crippen molar-refractivity contribution in [2.45, 2.75) is 0 Å². The molecule has 0 radical (unpaired) electrons. The third-order valence-corrected chi connectivity index (χ3v) is 6.64. The van der Waals surface area contributed by atoms with E-state index in [1.165, 1.54) is 0 Å². The van der Waals surface area contributed by atoms with Gasteiger partial charge in [-0.1, -0.05) is 6.07 Å². The van der Waals surface area contributed by atoms with Crippen LogP contribution in [-0.4, -0.2) is 45.8 Å².